The highest BCUT2D eigenvalue weighted by atomic mass is 35.5. The van der Waals surface area contributed by atoms with Crippen LogP contribution in [0.5, 0.6) is 11.5 Å². The van der Waals surface area contributed by atoms with Crippen LogP contribution in [0.1, 0.15) is 32.6 Å². The summed E-state index contributed by atoms with van der Waals surface area (Å²) in [7, 11) is 1.57. The molecule has 0 radical (unpaired) electrons. The number of aromatic nitrogens is 2. The van der Waals surface area contributed by atoms with Gasteiger partial charge in [0.1, 0.15) is 12.1 Å². The molecule has 17 heteroatoms. The molecule has 1 saturated carbocycles. The second-order valence-electron chi connectivity index (χ2n) is 10.8. The fourth-order valence-corrected chi connectivity index (χ4v) is 5.16. The molecule has 1 aliphatic carbocycles. The summed E-state index contributed by atoms with van der Waals surface area (Å²) in [6.45, 7) is 2.73. The Kier molecular flexibility index (Phi) is 14.2. The molecule has 0 unspecified atom stereocenters. The minimum absolute atomic E-state index is 0.0188. The monoisotopic (exact) mass is 715 g/mol. The summed E-state index contributed by atoms with van der Waals surface area (Å²) in [6.07, 6.45) is 7.11. The number of methoxy groups -OCH3 is 1. The number of ether oxygens (including phenoxy) is 2. The van der Waals surface area contributed by atoms with Crippen LogP contribution in [0.2, 0.25) is 5.02 Å². The standard InChI is InChI=1S/C24H25ClFN5O3.C5H6O3.C4H4O4/c1-33-19-12-18-15(22(29-13-28-18)31-17-4-2-3-16(25)21(17)26)11-20(19)34-14-5-7-24(8-6-14)23(32)27-9-10-30-24;1-4(6)2-3-5(7)8;5-3(6)1-2-4(7)8/h2-4,11-14,30H,5-10H2,1H3,(H,27,32)(H,28,29,31);2-3H,1H3,(H,7,8);1-2H,(H,5,6)(H,7,8)/b;3-2-;2-1-. The summed E-state index contributed by atoms with van der Waals surface area (Å²) in [5.41, 5.74) is 0.328. The Morgan fingerprint density at radius 2 is 1.62 bits per heavy atom. The topological polar surface area (TPSA) is 226 Å². The number of fused-ring (bicyclic) bond motifs is 1. The Bertz CT molecular complexity index is 1730. The molecule has 1 aliphatic heterocycles. The number of carbonyl (C=O) groups is 5. The van der Waals surface area contributed by atoms with Crippen LogP contribution >= 0.6 is 11.6 Å². The molecular weight excluding hydrogens is 681 g/mol. The minimum Gasteiger partial charge on any atom is -0.493 e. The zero-order valence-electron chi connectivity index (χ0n) is 26.9. The van der Waals surface area contributed by atoms with Crippen LogP contribution in [0.3, 0.4) is 0 Å². The van der Waals surface area contributed by atoms with Gasteiger partial charge in [-0.05, 0) is 56.9 Å². The van der Waals surface area contributed by atoms with Crippen LogP contribution < -0.4 is 25.4 Å². The van der Waals surface area contributed by atoms with Gasteiger partial charge in [0.2, 0.25) is 5.91 Å². The van der Waals surface area contributed by atoms with Crippen molar-refractivity contribution < 1.29 is 53.2 Å². The van der Waals surface area contributed by atoms with Crippen LogP contribution in [0, 0.1) is 5.82 Å². The largest absolute Gasteiger partial charge is 0.493 e. The molecule has 1 aromatic heterocycles. The highest BCUT2D eigenvalue weighted by Crippen LogP contribution is 2.38. The van der Waals surface area contributed by atoms with Gasteiger partial charge in [0.05, 0.1) is 35.0 Å². The van der Waals surface area contributed by atoms with Crippen molar-refractivity contribution in [3.05, 3.63) is 71.8 Å². The van der Waals surface area contributed by atoms with Gasteiger partial charge in [-0.3, -0.25) is 9.59 Å². The molecule has 2 fully saturated rings. The van der Waals surface area contributed by atoms with Gasteiger partial charge in [0, 0.05) is 42.8 Å². The number of piperazine rings is 1. The number of hydrogen-bond donors (Lipinski definition) is 6. The summed E-state index contributed by atoms with van der Waals surface area (Å²) in [6, 6.07) is 8.30. The van der Waals surface area contributed by atoms with Gasteiger partial charge in [0.25, 0.3) is 0 Å². The number of carboxylic acid groups (broad SMARTS) is 3. The Labute approximate surface area is 290 Å². The molecule has 1 saturated heterocycles. The van der Waals surface area contributed by atoms with Crippen molar-refractivity contribution in [1.29, 1.82) is 0 Å². The molecule has 50 heavy (non-hydrogen) atoms. The lowest BCUT2D eigenvalue weighted by Crippen LogP contribution is -2.64. The number of amides is 1. The SMILES string of the molecule is CC(=O)/C=C\C(=O)O.COc1cc2ncnc(Nc3cccc(Cl)c3F)c2cc1OC1CCC2(CC1)NCCNC2=O.O=C(O)/C=C\C(=O)O. The smallest absolute Gasteiger partial charge is 0.328 e. The van der Waals surface area contributed by atoms with Crippen molar-refractivity contribution >= 4 is 63.6 Å². The number of rotatable bonds is 9. The van der Waals surface area contributed by atoms with Gasteiger partial charge in [-0.2, -0.15) is 0 Å². The summed E-state index contributed by atoms with van der Waals surface area (Å²) < 4.78 is 26.4. The van der Waals surface area contributed by atoms with E-state index < -0.39 is 29.3 Å². The van der Waals surface area contributed by atoms with Gasteiger partial charge in [0.15, 0.2) is 23.1 Å². The molecule has 2 aliphatic rings. The molecule has 0 atom stereocenters. The van der Waals surface area contributed by atoms with Gasteiger partial charge in [-0.15, -0.1) is 0 Å². The molecule has 6 N–H and O–H groups in total. The van der Waals surface area contributed by atoms with E-state index in [-0.39, 0.29) is 28.5 Å². The average molecular weight is 716 g/mol. The lowest BCUT2D eigenvalue weighted by Gasteiger charge is -2.42. The third-order valence-corrected chi connectivity index (χ3v) is 7.63. The van der Waals surface area contributed by atoms with Crippen molar-refractivity contribution in [3.8, 4) is 11.5 Å². The number of anilines is 2. The van der Waals surface area contributed by atoms with Crippen molar-refractivity contribution in [3.63, 3.8) is 0 Å². The van der Waals surface area contributed by atoms with E-state index in [0.717, 1.165) is 31.5 Å². The highest BCUT2D eigenvalue weighted by Gasteiger charge is 2.43. The molecule has 3 aromatic rings. The number of hydrogen-bond acceptors (Lipinski definition) is 11. The maximum atomic E-state index is 14.5. The van der Waals surface area contributed by atoms with Crippen molar-refractivity contribution in [2.24, 2.45) is 0 Å². The Morgan fingerprint density at radius 1 is 0.980 bits per heavy atom. The van der Waals surface area contributed by atoms with E-state index >= 15 is 0 Å². The molecule has 5 rings (SSSR count). The Balaban J connectivity index is 0.000000352. The fraction of sp³-hybridized carbons (Fsp3) is 0.303. The maximum absolute atomic E-state index is 14.5. The fourth-order valence-electron chi connectivity index (χ4n) is 4.99. The number of carbonyl (C=O) groups excluding carboxylic acids is 2. The molecule has 266 valence electrons. The molecule has 0 bridgehead atoms. The van der Waals surface area contributed by atoms with Crippen LogP contribution in [0.4, 0.5) is 15.9 Å². The lowest BCUT2D eigenvalue weighted by molar-refractivity contribution is -0.134. The first-order chi connectivity index (χ1) is 23.7. The lowest BCUT2D eigenvalue weighted by atomic mass is 9.78. The van der Waals surface area contributed by atoms with Crippen molar-refractivity contribution in [2.75, 3.05) is 25.5 Å². The van der Waals surface area contributed by atoms with Crippen molar-refractivity contribution in [1.82, 2.24) is 20.6 Å². The first-order valence-corrected chi connectivity index (χ1v) is 15.4. The van der Waals surface area contributed by atoms with E-state index in [1.807, 2.05) is 0 Å². The van der Waals surface area contributed by atoms with E-state index in [2.05, 4.69) is 25.9 Å². The zero-order chi connectivity index (χ0) is 36.8. The first kappa shape index (κ1) is 38.8. The van der Waals surface area contributed by atoms with E-state index in [1.54, 1.807) is 31.4 Å². The van der Waals surface area contributed by atoms with Crippen LogP contribution in [0.25, 0.3) is 10.9 Å². The van der Waals surface area contributed by atoms with E-state index in [0.29, 0.717) is 59.8 Å². The number of nitrogens with zero attached hydrogens (tertiary/aromatic N) is 2. The predicted molar refractivity (Wildman–Crippen MR) is 179 cm³/mol. The molecule has 1 amide bonds. The number of benzene rings is 2. The highest BCUT2D eigenvalue weighted by molar-refractivity contribution is 6.31. The predicted octanol–water partition coefficient (Wildman–Crippen LogP) is 3.88. The number of halogens is 2. The van der Waals surface area contributed by atoms with Crippen LogP contribution in [0.15, 0.2) is 61.0 Å². The summed E-state index contributed by atoms with van der Waals surface area (Å²) >= 11 is 5.92. The zero-order valence-corrected chi connectivity index (χ0v) is 27.7. The van der Waals surface area contributed by atoms with Gasteiger partial charge in [-0.25, -0.2) is 28.7 Å². The van der Waals surface area contributed by atoms with Gasteiger partial charge in [-0.1, -0.05) is 17.7 Å². The Morgan fingerprint density at radius 3 is 2.18 bits per heavy atom. The van der Waals surface area contributed by atoms with Crippen molar-refractivity contribution in [2.45, 2.75) is 44.2 Å². The van der Waals surface area contributed by atoms with Crippen LogP contribution in [-0.4, -0.2) is 86.7 Å². The maximum Gasteiger partial charge on any atom is 0.328 e. The quantitative estimate of drug-likeness (QED) is 0.173. The number of carboxylic acids is 3. The Hall–Kier alpha value is -5.61. The normalized spacial score (nSPS) is 18.3. The molecule has 2 aromatic carbocycles. The second-order valence-corrected chi connectivity index (χ2v) is 11.3. The first-order valence-electron chi connectivity index (χ1n) is 15.0. The van der Waals surface area contributed by atoms with E-state index in [9.17, 15) is 28.4 Å². The minimum atomic E-state index is -1.26. The third kappa shape index (κ3) is 11.2. The number of aliphatic carboxylic acids is 3. The van der Waals surface area contributed by atoms with Gasteiger partial charge >= 0.3 is 17.9 Å². The summed E-state index contributed by atoms with van der Waals surface area (Å²) in [4.78, 5) is 59.8. The van der Waals surface area contributed by atoms with E-state index in [1.165, 1.54) is 19.3 Å². The van der Waals surface area contributed by atoms with E-state index in [4.69, 9.17) is 36.4 Å². The molecule has 2 heterocycles. The van der Waals surface area contributed by atoms with Crippen LogP contribution in [-0.2, 0) is 24.0 Å². The second kappa shape index (κ2) is 18.2. The molecular formula is C33H35ClFN5O10. The number of ketones is 1. The third-order valence-electron chi connectivity index (χ3n) is 7.34. The average Bonchev–Trinajstić information content (AvgIpc) is 3.08. The summed E-state index contributed by atoms with van der Waals surface area (Å²) in [5, 5.41) is 33.6. The number of nitrogens with one attached hydrogen (secondary N) is 3. The number of allylic oxidation sites excluding steroid dienone is 1. The van der Waals surface area contributed by atoms with Gasteiger partial charge < -0.3 is 40.7 Å². The summed E-state index contributed by atoms with van der Waals surface area (Å²) in [5.74, 6) is -2.85. The molecule has 1 spiro atoms. The molecule has 15 nitrogen and oxygen atoms in total.